The molecule has 0 spiro atoms. The molecule has 0 heteroatoms. The summed E-state index contributed by atoms with van der Waals surface area (Å²) in [5.74, 6) is 4.58. The van der Waals surface area contributed by atoms with E-state index in [4.69, 9.17) is 0 Å². The Bertz CT molecular complexity index is 236. The molecule has 0 heterocycles. The van der Waals surface area contributed by atoms with Gasteiger partial charge in [0, 0.05) is 0 Å². The van der Waals surface area contributed by atoms with Crippen molar-refractivity contribution in [2.24, 2.45) is 29.6 Å². The van der Waals surface area contributed by atoms with Gasteiger partial charge in [0.25, 0.3) is 0 Å². The Kier molecular flexibility index (Phi) is 0.988. The lowest BCUT2D eigenvalue weighted by Gasteiger charge is -2.23. The minimum atomic E-state index is 0.847. The lowest BCUT2D eigenvalue weighted by Crippen LogP contribution is -2.18. The van der Waals surface area contributed by atoms with Crippen LogP contribution in [-0.4, -0.2) is 0 Å². The van der Waals surface area contributed by atoms with Crippen molar-refractivity contribution < 1.29 is 0 Å². The third-order valence-electron chi connectivity index (χ3n) is 3.83. The largest absolute Gasteiger partial charge is 0.0851 e. The van der Waals surface area contributed by atoms with Gasteiger partial charge >= 0.3 is 0 Å². The number of hydrogen-bond acceptors (Lipinski definition) is 0. The molecule has 0 aliphatic heterocycles. The van der Waals surface area contributed by atoms with Crippen LogP contribution in [0.1, 0.15) is 13.3 Å². The van der Waals surface area contributed by atoms with Crippen LogP contribution in [0, 0.1) is 29.6 Å². The van der Waals surface area contributed by atoms with Gasteiger partial charge in [-0.25, -0.2) is 0 Å². The summed E-state index contributed by atoms with van der Waals surface area (Å²) in [7, 11) is 0. The van der Waals surface area contributed by atoms with E-state index in [0.29, 0.717) is 0 Å². The fourth-order valence-corrected chi connectivity index (χ4v) is 3.34. The Morgan fingerprint density at radius 1 is 1.00 bits per heavy atom. The average molecular weight is 146 g/mol. The highest BCUT2D eigenvalue weighted by molar-refractivity contribution is 5.23. The summed E-state index contributed by atoms with van der Waals surface area (Å²) >= 11 is 0. The third-order valence-corrected chi connectivity index (χ3v) is 3.83. The van der Waals surface area contributed by atoms with Crippen LogP contribution in [0.3, 0.4) is 0 Å². The van der Waals surface area contributed by atoms with Gasteiger partial charge in [-0.05, 0) is 36.0 Å². The van der Waals surface area contributed by atoms with E-state index < -0.39 is 0 Å². The zero-order valence-electron chi connectivity index (χ0n) is 6.90. The van der Waals surface area contributed by atoms with Crippen LogP contribution in [0.2, 0.25) is 0 Å². The zero-order chi connectivity index (χ0) is 7.42. The molecule has 58 valence electrons. The van der Waals surface area contributed by atoms with Crippen molar-refractivity contribution >= 4 is 0 Å². The third kappa shape index (κ3) is 0.610. The molecule has 0 amide bonds. The monoisotopic (exact) mass is 146 g/mol. The Hall–Kier alpha value is -0.520. The first kappa shape index (κ1) is 6.05. The lowest BCUT2D eigenvalue weighted by molar-refractivity contribution is 0.326. The number of rotatable bonds is 0. The molecule has 2 bridgehead atoms. The van der Waals surface area contributed by atoms with Crippen LogP contribution in [0.15, 0.2) is 24.3 Å². The SMILES string of the molecule is C[C@@H]1C=C[C@H]2[C@H]1[C@H]1C=C[C@H]2C1. The maximum absolute atomic E-state index is 2.46. The second kappa shape index (κ2) is 1.80. The van der Waals surface area contributed by atoms with Crippen molar-refractivity contribution in [1.29, 1.82) is 0 Å². The van der Waals surface area contributed by atoms with E-state index in [1.54, 1.807) is 0 Å². The van der Waals surface area contributed by atoms with E-state index in [1.807, 2.05) is 0 Å². The molecule has 11 heavy (non-hydrogen) atoms. The van der Waals surface area contributed by atoms with Gasteiger partial charge in [-0.15, -0.1) is 0 Å². The van der Waals surface area contributed by atoms with Crippen LogP contribution in [-0.2, 0) is 0 Å². The molecule has 0 aromatic rings. The van der Waals surface area contributed by atoms with Crippen molar-refractivity contribution in [3.63, 3.8) is 0 Å². The molecule has 0 N–H and O–H groups in total. The molecule has 0 aromatic carbocycles. The molecule has 0 unspecified atom stereocenters. The van der Waals surface area contributed by atoms with Crippen LogP contribution < -0.4 is 0 Å². The van der Waals surface area contributed by atoms with E-state index in [9.17, 15) is 0 Å². The molecule has 0 radical (unpaired) electrons. The summed E-state index contributed by atoms with van der Waals surface area (Å²) < 4.78 is 0. The van der Waals surface area contributed by atoms with E-state index in [-0.39, 0.29) is 0 Å². The molecule has 3 aliphatic rings. The summed E-state index contributed by atoms with van der Waals surface area (Å²) in [5.41, 5.74) is 0. The minimum Gasteiger partial charge on any atom is -0.0851 e. The fraction of sp³-hybridized carbons (Fsp3) is 0.636. The highest BCUT2D eigenvalue weighted by atomic mass is 14.5. The Labute approximate surface area is 68.0 Å². The van der Waals surface area contributed by atoms with Crippen LogP contribution >= 0.6 is 0 Å². The summed E-state index contributed by atoms with van der Waals surface area (Å²) in [4.78, 5) is 0. The van der Waals surface area contributed by atoms with Crippen LogP contribution in [0.25, 0.3) is 0 Å². The van der Waals surface area contributed by atoms with E-state index in [1.165, 1.54) is 6.42 Å². The van der Waals surface area contributed by atoms with Crippen molar-refractivity contribution in [2.45, 2.75) is 13.3 Å². The van der Waals surface area contributed by atoms with Crippen LogP contribution in [0.5, 0.6) is 0 Å². The summed E-state index contributed by atoms with van der Waals surface area (Å²) in [5, 5.41) is 0. The van der Waals surface area contributed by atoms with Crippen LogP contribution in [0.4, 0.5) is 0 Å². The number of fused-ring (bicyclic) bond motifs is 5. The average Bonchev–Trinajstić information content (AvgIpc) is 2.60. The summed E-state index contributed by atoms with van der Waals surface area (Å²) in [6.45, 7) is 2.37. The van der Waals surface area contributed by atoms with Gasteiger partial charge in [0.2, 0.25) is 0 Å². The van der Waals surface area contributed by atoms with Crippen molar-refractivity contribution in [2.75, 3.05) is 0 Å². The van der Waals surface area contributed by atoms with Gasteiger partial charge in [0.1, 0.15) is 0 Å². The summed E-state index contributed by atoms with van der Waals surface area (Å²) in [6, 6.07) is 0. The van der Waals surface area contributed by atoms with Gasteiger partial charge in [0.05, 0.1) is 0 Å². The van der Waals surface area contributed by atoms with E-state index >= 15 is 0 Å². The topological polar surface area (TPSA) is 0 Å². The standard InChI is InChI=1S/C11H14/c1-7-2-5-10-8-3-4-9(6-8)11(7)10/h2-5,7-11H,6H2,1H3/t7-,8+,9+,10-,11-/m1/s1. The van der Waals surface area contributed by atoms with Crippen molar-refractivity contribution in [3.05, 3.63) is 24.3 Å². The molecule has 0 aromatic heterocycles. The maximum Gasteiger partial charge on any atom is -0.0131 e. The van der Waals surface area contributed by atoms with Gasteiger partial charge < -0.3 is 0 Å². The molecule has 5 atom stereocenters. The predicted octanol–water partition coefficient (Wildman–Crippen LogP) is 2.63. The van der Waals surface area contributed by atoms with Gasteiger partial charge in [-0.3, -0.25) is 0 Å². The smallest absolute Gasteiger partial charge is 0.0131 e. The molecule has 3 aliphatic carbocycles. The van der Waals surface area contributed by atoms with Gasteiger partial charge in [0.15, 0.2) is 0 Å². The van der Waals surface area contributed by atoms with Gasteiger partial charge in [-0.2, -0.15) is 0 Å². The first-order chi connectivity index (χ1) is 5.36. The van der Waals surface area contributed by atoms with E-state index in [0.717, 1.165) is 29.6 Å². The zero-order valence-corrected chi connectivity index (χ0v) is 6.90. The summed E-state index contributed by atoms with van der Waals surface area (Å²) in [6.07, 6.45) is 11.2. The second-order valence-electron chi connectivity index (χ2n) is 4.35. The van der Waals surface area contributed by atoms with Gasteiger partial charge in [-0.1, -0.05) is 31.2 Å². The quantitative estimate of drug-likeness (QED) is 0.461. The van der Waals surface area contributed by atoms with Crippen molar-refractivity contribution in [3.8, 4) is 0 Å². The number of hydrogen-bond donors (Lipinski definition) is 0. The first-order valence-corrected chi connectivity index (χ1v) is 4.73. The van der Waals surface area contributed by atoms with E-state index in [2.05, 4.69) is 31.2 Å². The fourth-order valence-electron chi connectivity index (χ4n) is 3.34. The molecule has 0 saturated heterocycles. The predicted molar refractivity (Wildman–Crippen MR) is 46.0 cm³/mol. The Morgan fingerprint density at radius 3 is 2.64 bits per heavy atom. The highest BCUT2D eigenvalue weighted by Crippen LogP contribution is 2.54. The molecular formula is C11H14. The Balaban J connectivity index is 2.02. The molecule has 3 rings (SSSR count). The van der Waals surface area contributed by atoms with Crippen molar-refractivity contribution in [1.82, 2.24) is 0 Å². The lowest BCUT2D eigenvalue weighted by atomic mass is 9.81. The normalized spacial score (nSPS) is 57.4. The molecule has 1 fully saturated rings. The Morgan fingerprint density at radius 2 is 1.82 bits per heavy atom. The highest BCUT2D eigenvalue weighted by Gasteiger charge is 2.47. The number of allylic oxidation sites excluding steroid dienone is 4. The maximum atomic E-state index is 2.46. The molecule has 1 saturated carbocycles. The first-order valence-electron chi connectivity index (χ1n) is 4.73. The second-order valence-corrected chi connectivity index (χ2v) is 4.35. The molecular weight excluding hydrogens is 132 g/mol. The minimum absolute atomic E-state index is 0.847. The molecule has 0 nitrogen and oxygen atoms in total.